The van der Waals surface area contributed by atoms with Crippen molar-refractivity contribution in [3.05, 3.63) is 58.9 Å². The largest absolute Gasteiger partial charge is 0.339 e. The van der Waals surface area contributed by atoms with E-state index in [9.17, 15) is 9.59 Å². The van der Waals surface area contributed by atoms with E-state index in [1.165, 1.54) is 6.42 Å². The van der Waals surface area contributed by atoms with Gasteiger partial charge in [0.05, 0.1) is 5.92 Å². The van der Waals surface area contributed by atoms with Crippen LogP contribution >= 0.6 is 11.6 Å². The summed E-state index contributed by atoms with van der Waals surface area (Å²) >= 11 is 6.15. The van der Waals surface area contributed by atoms with Crippen molar-refractivity contribution in [3.63, 3.8) is 0 Å². The molecule has 1 saturated carbocycles. The average Bonchev–Trinajstić information content (AvgIpc) is 3.37. The summed E-state index contributed by atoms with van der Waals surface area (Å²) in [6.07, 6.45) is 3.52. The summed E-state index contributed by atoms with van der Waals surface area (Å²) in [4.78, 5) is 31.7. The summed E-state index contributed by atoms with van der Waals surface area (Å²) in [5.74, 6) is 0.842. The molecule has 1 N–H and O–H groups in total. The number of halogens is 1. The van der Waals surface area contributed by atoms with Gasteiger partial charge in [0.25, 0.3) is 0 Å². The molecule has 32 heavy (non-hydrogen) atoms. The first-order valence-corrected chi connectivity index (χ1v) is 11.2. The number of hydrogen-bond acceptors (Lipinski definition) is 5. The number of aromatic nitrogens is 2. The molecule has 0 spiro atoms. The van der Waals surface area contributed by atoms with Crippen molar-refractivity contribution in [3.8, 4) is 11.4 Å². The summed E-state index contributed by atoms with van der Waals surface area (Å²) in [6.45, 7) is 2.16. The number of carbonyl (C=O) groups excluding carboxylic acids is 2. The molecule has 1 atom stereocenters. The van der Waals surface area contributed by atoms with Gasteiger partial charge < -0.3 is 14.7 Å². The van der Waals surface area contributed by atoms with Crippen LogP contribution in [0.25, 0.3) is 11.4 Å². The van der Waals surface area contributed by atoms with Gasteiger partial charge in [-0.15, -0.1) is 0 Å². The van der Waals surface area contributed by atoms with E-state index in [2.05, 4.69) is 15.5 Å². The third-order valence-electron chi connectivity index (χ3n) is 6.33. The molecule has 1 saturated heterocycles. The van der Waals surface area contributed by atoms with E-state index in [-0.39, 0.29) is 18.2 Å². The number of nitrogens with one attached hydrogen (secondary N) is 1. The molecule has 8 heteroatoms. The molecule has 7 nitrogen and oxygen atoms in total. The van der Waals surface area contributed by atoms with Crippen LogP contribution in [0.1, 0.15) is 43.1 Å². The molecule has 0 radical (unpaired) electrons. The van der Waals surface area contributed by atoms with Crippen molar-refractivity contribution >= 4 is 34.8 Å². The molecule has 5 rings (SSSR count). The Morgan fingerprint density at radius 3 is 2.81 bits per heavy atom. The zero-order valence-electron chi connectivity index (χ0n) is 17.7. The molecule has 2 heterocycles. The highest BCUT2D eigenvalue weighted by atomic mass is 35.5. The molecule has 2 aliphatic rings. The van der Waals surface area contributed by atoms with Gasteiger partial charge in [0.2, 0.25) is 23.5 Å². The van der Waals surface area contributed by atoms with Crippen LogP contribution in [-0.4, -0.2) is 28.5 Å². The molecule has 1 aliphatic heterocycles. The lowest BCUT2D eigenvalue weighted by Crippen LogP contribution is -2.28. The summed E-state index contributed by atoms with van der Waals surface area (Å²) in [5.41, 5.74) is 2.97. The summed E-state index contributed by atoms with van der Waals surface area (Å²) in [6, 6.07) is 12.9. The van der Waals surface area contributed by atoms with Crippen molar-refractivity contribution in [1.29, 1.82) is 0 Å². The van der Waals surface area contributed by atoms with Crippen LogP contribution in [0.2, 0.25) is 5.02 Å². The minimum atomic E-state index is -0.445. The number of benzene rings is 2. The number of rotatable bonds is 5. The van der Waals surface area contributed by atoms with E-state index < -0.39 is 5.92 Å². The Balaban J connectivity index is 1.31. The van der Waals surface area contributed by atoms with E-state index in [1.54, 1.807) is 23.1 Å². The van der Waals surface area contributed by atoms with Gasteiger partial charge >= 0.3 is 0 Å². The van der Waals surface area contributed by atoms with Crippen LogP contribution in [0.15, 0.2) is 47.0 Å². The van der Waals surface area contributed by atoms with Crippen molar-refractivity contribution in [1.82, 2.24) is 10.1 Å². The van der Waals surface area contributed by atoms with Crippen molar-refractivity contribution in [2.24, 2.45) is 5.92 Å². The van der Waals surface area contributed by atoms with Crippen LogP contribution in [0, 0.1) is 12.8 Å². The normalized spacial score (nSPS) is 18.6. The van der Waals surface area contributed by atoms with Gasteiger partial charge in [0, 0.05) is 40.8 Å². The Kier molecular flexibility index (Phi) is 5.43. The van der Waals surface area contributed by atoms with E-state index in [0.29, 0.717) is 34.9 Å². The fraction of sp³-hybridized carbons (Fsp3) is 0.333. The lowest BCUT2D eigenvalue weighted by Gasteiger charge is -2.20. The Bertz CT molecular complexity index is 1190. The van der Waals surface area contributed by atoms with E-state index in [0.717, 1.165) is 29.7 Å². The Labute approximate surface area is 190 Å². The molecule has 2 aromatic carbocycles. The quantitative estimate of drug-likeness (QED) is 0.593. The highest BCUT2D eigenvalue weighted by molar-refractivity contribution is 6.31. The molecule has 3 aromatic rings. The average molecular weight is 451 g/mol. The zero-order valence-corrected chi connectivity index (χ0v) is 18.4. The maximum atomic E-state index is 12.8. The van der Waals surface area contributed by atoms with E-state index >= 15 is 0 Å². The number of carbonyl (C=O) groups is 2. The first-order chi connectivity index (χ1) is 15.5. The lowest BCUT2D eigenvalue weighted by atomic mass is 9.85. The maximum absolute atomic E-state index is 12.8. The summed E-state index contributed by atoms with van der Waals surface area (Å²) in [5, 5.41) is 7.62. The van der Waals surface area contributed by atoms with Gasteiger partial charge in [-0.2, -0.15) is 4.98 Å². The maximum Gasteiger partial charge on any atom is 0.230 e. The SMILES string of the molecule is Cc1c(Cl)cccc1NC(=O)C1CC(=O)N(c2cccc(-c3noc(C4CCC4)n3)c2)C1. The number of nitrogens with zero attached hydrogens (tertiary/aromatic N) is 3. The lowest BCUT2D eigenvalue weighted by molar-refractivity contribution is -0.122. The predicted octanol–water partition coefficient (Wildman–Crippen LogP) is 4.96. The summed E-state index contributed by atoms with van der Waals surface area (Å²) in [7, 11) is 0. The number of hydrogen-bond donors (Lipinski definition) is 1. The van der Waals surface area contributed by atoms with Crippen molar-refractivity contribution < 1.29 is 14.1 Å². The van der Waals surface area contributed by atoms with Gasteiger partial charge in [-0.3, -0.25) is 9.59 Å². The Hall–Kier alpha value is -3.19. The number of amides is 2. The smallest absolute Gasteiger partial charge is 0.230 e. The minimum absolute atomic E-state index is 0.0895. The van der Waals surface area contributed by atoms with Crippen LogP contribution in [0.4, 0.5) is 11.4 Å². The zero-order chi connectivity index (χ0) is 22.2. The second-order valence-corrected chi connectivity index (χ2v) is 8.85. The predicted molar refractivity (Wildman–Crippen MR) is 122 cm³/mol. The van der Waals surface area contributed by atoms with Gasteiger partial charge in [-0.05, 0) is 49.6 Å². The highest BCUT2D eigenvalue weighted by Crippen LogP contribution is 2.36. The molecule has 1 aliphatic carbocycles. The fourth-order valence-corrected chi connectivity index (χ4v) is 4.27. The monoisotopic (exact) mass is 450 g/mol. The topological polar surface area (TPSA) is 88.3 Å². The second-order valence-electron chi connectivity index (χ2n) is 8.44. The van der Waals surface area contributed by atoms with Crippen LogP contribution in [-0.2, 0) is 9.59 Å². The standard InChI is InChI=1S/C24H23ClN4O3/c1-14-19(25)9-4-10-20(14)26-23(31)17-12-21(30)29(13-17)18-8-3-7-16(11-18)22-27-24(32-28-22)15-5-2-6-15/h3-4,7-11,15,17H,2,5-6,12-13H2,1H3,(H,26,31). The first-order valence-electron chi connectivity index (χ1n) is 10.8. The fourth-order valence-electron chi connectivity index (χ4n) is 4.10. The Morgan fingerprint density at radius 1 is 1.22 bits per heavy atom. The van der Waals surface area contributed by atoms with Gasteiger partial charge in [-0.25, -0.2) is 0 Å². The van der Waals surface area contributed by atoms with Crippen LogP contribution in [0.5, 0.6) is 0 Å². The highest BCUT2D eigenvalue weighted by Gasteiger charge is 2.35. The van der Waals surface area contributed by atoms with Gasteiger partial charge in [0.1, 0.15) is 0 Å². The summed E-state index contributed by atoms with van der Waals surface area (Å²) < 4.78 is 5.43. The molecule has 164 valence electrons. The third kappa shape index (κ3) is 3.88. The van der Waals surface area contributed by atoms with Crippen molar-refractivity contribution in [2.45, 2.75) is 38.5 Å². The minimum Gasteiger partial charge on any atom is -0.339 e. The van der Waals surface area contributed by atoms with Crippen molar-refractivity contribution in [2.75, 3.05) is 16.8 Å². The molecular weight excluding hydrogens is 428 g/mol. The van der Waals surface area contributed by atoms with Crippen LogP contribution in [0.3, 0.4) is 0 Å². The van der Waals surface area contributed by atoms with E-state index in [4.69, 9.17) is 16.1 Å². The molecule has 1 aromatic heterocycles. The third-order valence-corrected chi connectivity index (χ3v) is 6.74. The van der Waals surface area contributed by atoms with Gasteiger partial charge in [-0.1, -0.05) is 41.4 Å². The first kappa shape index (κ1) is 20.7. The molecule has 0 bridgehead atoms. The molecule has 1 unspecified atom stereocenters. The Morgan fingerprint density at radius 2 is 2.03 bits per heavy atom. The van der Waals surface area contributed by atoms with E-state index in [1.807, 2.05) is 31.2 Å². The molecule has 2 fully saturated rings. The van der Waals surface area contributed by atoms with Crippen LogP contribution < -0.4 is 10.2 Å². The second kappa shape index (κ2) is 8.39. The van der Waals surface area contributed by atoms with Gasteiger partial charge in [0.15, 0.2) is 0 Å². The molecule has 2 amide bonds. The number of anilines is 2. The molecular formula is C24H23ClN4O3.